The molecule has 2 amide bonds. The first-order valence-electron chi connectivity index (χ1n) is 9.01. The molecule has 2 rings (SSSR count). The number of benzene rings is 2. The second-order valence-electron chi connectivity index (χ2n) is 7.12. The van der Waals surface area contributed by atoms with Crippen LogP contribution in [0.15, 0.2) is 53.4 Å². The fourth-order valence-electron chi connectivity index (χ4n) is 2.50. The van der Waals surface area contributed by atoms with E-state index < -0.39 is 15.1 Å². The Bertz CT molecular complexity index is 931. The zero-order valence-corrected chi connectivity index (χ0v) is 17.4. The van der Waals surface area contributed by atoms with Crippen molar-refractivity contribution in [2.75, 3.05) is 19.4 Å². The van der Waals surface area contributed by atoms with Gasteiger partial charge in [-0.2, -0.15) is 0 Å². The molecule has 2 aromatic rings. The molecule has 0 heterocycles. The first-order valence-corrected chi connectivity index (χ1v) is 10.6. The van der Waals surface area contributed by atoms with E-state index in [0.717, 1.165) is 11.1 Å². The van der Waals surface area contributed by atoms with Gasteiger partial charge in [0.2, 0.25) is 11.8 Å². The summed E-state index contributed by atoms with van der Waals surface area (Å²) in [6.45, 7) is 3.27. The number of likely N-dealkylation sites (N-methyl/N-ethyl adjacent to an activating group) is 1. The van der Waals surface area contributed by atoms with Gasteiger partial charge in [-0.05, 0) is 49.2 Å². The second-order valence-corrected chi connectivity index (χ2v) is 9.63. The highest BCUT2D eigenvalue weighted by Gasteiger charge is 2.18. The minimum atomic E-state index is -3.32. The highest BCUT2D eigenvalue weighted by atomic mass is 32.2. The molecule has 0 aromatic heterocycles. The third kappa shape index (κ3) is 5.66. The predicted molar refractivity (Wildman–Crippen MR) is 110 cm³/mol. The zero-order valence-electron chi connectivity index (χ0n) is 16.6. The van der Waals surface area contributed by atoms with Crippen LogP contribution in [0.5, 0.6) is 0 Å². The summed E-state index contributed by atoms with van der Waals surface area (Å²) in [5.41, 5.74) is 2.25. The molecule has 0 saturated carbocycles. The third-order valence-electron chi connectivity index (χ3n) is 4.33. The van der Waals surface area contributed by atoms with Crippen LogP contribution < -0.4 is 5.32 Å². The monoisotopic (exact) mass is 402 g/mol. The van der Waals surface area contributed by atoms with Crippen molar-refractivity contribution in [3.8, 4) is 0 Å². The Morgan fingerprint density at radius 1 is 0.893 bits per heavy atom. The van der Waals surface area contributed by atoms with Crippen molar-refractivity contribution in [2.45, 2.75) is 36.8 Å². The smallest absolute Gasteiger partial charge is 0.228 e. The molecule has 0 aliphatic rings. The molecule has 0 saturated heterocycles. The number of anilines is 1. The minimum absolute atomic E-state index is 0.0136. The fraction of sp³-hybridized carbons (Fsp3) is 0.333. The lowest BCUT2D eigenvalue weighted by Crippen LogP contribution is -2.23. The van der Waals surface area contributed by atoms with Gasteiger partial charge in [-0.3, -0.25) is 9.59 Å². The number of rotatable bonds is 7. The van der Waals surface area contributed by atoms with E-state index in [0.29, 0.717) is 12.1 Å². The third-order valence-corrected chi connectivity index (χ3v) is 6.50. The summed E-state index contributed by atoms with van der Waals surface area (Å²) < 4.78 is 24.3. The average molecular weight is 403 g/mol. The Labute approximate surface area is 166 Å². The van der Waals surface area contributed by atoms with Crippen LogP contribution in [0.2, 0.25) is 0 Å². The molecule has 28 heavy (non-hydrogen) atoms. The van der Waals surface area contributed by atoms with Crippen LogP contribution in [0, 0.1) is 0 Å². The van der Waals surface area contributed by atoms with Crippen LogP contribution in [-0.4, -0.2) is 44.5 Å². The summed E-state index contributed by atoms with van der Waals surface area (Å²) in [6, 6.07) is 13.5. The summed E-state index contributed by atoms with van der Waals surface area (Å²) in [7, 11) is 0.104. The number of nitrogens with zero attached hydrogens (tertiary/aromatic N) is 1. The number of carbonyl (C=O) groups excluding carboxylic acids is 2. The Kier molecular flexibility index (Phi) is 6.96. The van der Waals surface area contributed by atoms with Gasteiger partial charge in [0, 0.05) is 19.8 Å². The molecule has 0 aliphatic carbocycles. The molecule has 0 aliphatic heterocycles. The molecule has 0 spiro atoms. The molecule has 150 valence electrons. The van der Waals surface area contributed by atoms with Gasteiger partial charge in [0.1, 0.15) is 0 Å². The van der Waals surface area contributed by atoms with Crippen molar-refractivity contribution >= 4 is 27.3 Å². The number of nitrogens with one attached hydrogen (secondary N) is 1. The van der Waals surface area contributed by atoms with Crippen LogP contribution in [0.4, 0.5) is 5.69 Å². The van der Waals surface area contributed by atoms with Crippen molar-refractivity contribution in [1.29, 1.82) is 0 Å². The van der Waals surface area contributed by atoms with Crippen LogP contribution in [-0.2, 0) is 32.3 Å². The minimum Gasteiger partial charge on any atom is -0.349 e. The Morgan fingerprint density at radius 3 is 1.89 bits per heavy atom. The molecule has 1 N–H and O–H groups in total. The van der Waals surface area contributed by atoms with E-state index in [1.807, 2.05) is 12.1 Å². The number of carbonyl (C=O) groups is 2. The van der Waals surface area contributed by atoms with Gasteiger partial charge in [-0.25, -0.2) is 8.42 Å². The van der Waals surface area contributed by atoms with E-state index in [4.69, 9.17) is 0 Å². The fourth-order valence-corrected chi connectivity index (χ4v) is 3.56. The molecule has 0 fully saturated rings. The quantitative estimate of drug-likeness (QED) is 0.772. The van der Waals surface area contributed by atoms with Crippen molar-refractivity contribution in [3.63, 3.8) is 0 Å². The van der Waals surface area contributed by atoms with Crippen molar-refractivity contribution in [1.82, 2.24) is 4.90 Å². The molecule has 7 heteroatoms. The lowest BCUT2D eigenvalue weighted by Gasteiger charge is -2.11. The Hall–Kier alpha value is -2.67. The summed E-state index contributed by atoms with van der Waals surface area (Å²) in [5, 5.41) is 2.32. The average Bonchev–Trinajstić information content (AvgIpc) is 2.63. The lowest BCUT2D eigenvalue weighted by atomic mass is 10.1. The van der Waals surface area contributed by atoms with E-state index in [1.54, 1.807) is 52.2 Å². The van der Waals surface area contributed by atoms with Gasteiger partial charge in [0.25, 0.3) is 0 Å². The van der Waals surface area contributed by atoms with E-state index in [2.05, 4.69) is 5.32 Å². The lowest BCUT2D eigenvalue weighted by molar-refractivity contribution is -0.128. The second kappa shape index (κ2) is 9.01. The van der Waals surface area contributed by atoms with Crippen molar-refractivity contribution in [2.24, 2.45) is 0 Å². The van der Waals surface area contributed by atoms with Gasteiger partial charge in [-0.15, -0.1) is 0 Å². The molecular weight excluding hydrogens is 376 g/mol. The van der Waals surface area contributed by atoms with Crippen LogP contribution in [0.1, 0.15) is 25.0 Å². The largest absolute Gasteiger partial charge is 0.349 e. The number of amides is 2. The Morgan fingerprint density at radius 2 is 1.39 bits per heavy atom. The standard InChI is InChI=1S/C21H26N2O4S/c1-15(2)28(26,27)19-11-7-16(8-12-19)13-20(24)22-18-9-5-17(6-10-18)14-21(25)23(3)4/h5-12,15H,13-14H2,1-4H3,(H,22,24). The van der Waals surface area contributed by atoms with E-state index in [9.17, 15) is 18.0 Å². The van der Waals surface area contributed by atoms with Crippen LogP contribution in [0.3, 0.4) is 0 Å². The van der Waals surface area contributed by atoms with Crippen LogP contribution >= 0.6 is 0 Å². The molecule has 6 nitrogen and oxygen atoms in total. The van der Waals surface area contributed by atoms with Gasteiger partial charge in [-0.1, -0.05) is 24.3 Å². The van der Waals surface area contributed by atoms with Crippen LogP contribution in [0.25, 0.3) is 0 Å². The van der Waals surface area contributed by atoms with Gasteiger partial charge in [0.15, 0.2) is 9.84 Å². The zero-order chi connectivity index (χ0) is 20.9. The normalized spacial score (nSPS) is 11.3. The first kappa shape index (κ1) is 21.6. The van der Waals surface area contributed by atoms with E-state index in [1.165, 1.54) is 17.0 Å². The van der Waals surface area contributed by atoms with Crippen molar-refractivity contribution < 1.29 is 18.0 Å². The highest BCUT2D eigenvalue weighted by Crippen LogP contribution is 2.17. The number of sulfone groups is 1. The molecule has 0 radical (unpaired) electrons. The Balaban J connectivity index is 1.96. The molecular formula is C21H26N2O4S. The van der Waals surface area contributed by atoms with E-state index in [-0.39, 0.29) is 23.1 Å². The first-order chi connectivity index (χ1) is 13.1. The topological polar surface area (TPSA) is 83.5 Å². The maximum absolute atomic E-state index is 12.2. The molecule has 0 unspecified atom stereocenters. The highest BCUT2D eigenvalue weighted by molar-refractivity contribution is 7.92. The summed E-state index contributed by atoms with van der Waals surface area (Å²) in [6.07, 6.45) is 0.454. The summed E-state index contributed by atoms with van der Waals surface area (Å²) >= 11 is 0. The molecule has 2 aromatic carbocycles. The van der Waals surface area contributed by atoms with Crippen molar-refractivity contribution in [3.05, 3.63) is 59.7 Å². The molecule has 0 atom stereocenters. The van der Waals surface area contributed by atoms with Gasteiger partial charge in [0.05, 0.1) is 23.0 Å². The number of hydrogen-bond donors (Lipinski definition) is 1. The number of hydrogen-bond acceptors (Lipinski definition) is 4. The summed E-state index contributed by atoms with van der Waals surface area (Å²) in [4.78, 5) is 25.7. The summed E-state index contributed by atoms with van der Waals surface area (Å²) in [5.74, 6) is -0.184. The predicted octanol–water partition coefficient (Wildman–Crippen LogP) is 2.68. The maximum atomic E-state index is 12.2. The van der Waals surface area contributed by atoms with Gasteiger partial charge < -0.3 is 10.2 Å². The van der Waals surface area contributed by atoms with E-state index >= 15 is 0 Å². The SMILES string of the molecule is CC(C)S(=O)(=O)c1ccc(CC(=O)Nc2ccc(CC(=O)N(C)C)cc2)cc1. The molecule has 0 bridgehead atoms. The van der Waals surface area contributed by atoms with Gasteiger partial charge >= 0.3 is 0 Å². The maximum Gasteiger partial charge on any atom is 0.228 e.